The van der Waals surface area contributed by atoms with Crippen LogP contribution in [-0.4, -0.2) is 11.0 Å². The Kier molecular flexibility index (Phi) is 3.14. The van der Waals surface area contributed by atoms with Crippen LogP contribution < -0.4 is 5.32 Å². The lowest BCUT2D eigenvalue weighted by molar-refractivity contribution is -0.117. The molecule has 0 radical (unpaired) electrons. The molecule has 0 bridgehead atoms. The molecular weight excluding hydrogens is 257 g/mol. The summed E-state index contributed by atoms with van der Waals surface area (Å²) in [6.45, 7) is 0. The second-order valence-electron chi connectivity index (χ2n) is 5.04. The molecule has 1 aliphatic carbocycles. The van der Waals surface area contributed by atoms with Crippen LogP contribution >= 0.6 is 0 Å². The summed E-state index contributed by atoms with van der Waals surface area (Å²) in [6.07, 6.45) is 0.787. The molecule has 2 aromatic carbocycles. The Balaban J connectivity index is 1.62. The highest BCUT2D eigenvalue weighted by atomic mass is 19.1. The number of carbonyl (C=O) groups is 1. The van der Waals surface area contributed by atoms with Crippen molar-refractivity contribution in [3.63, 3.8) is 0 Å². The van der Waals surface area contributed by atoms with E-state index in [1.54, 1.807) is 24.3 Å². The topological polar surface area (TPSA) is 49.3 Å². The maximum atomic E-state index is 12.8. The highest BCUT2D eigenvalue weighted by Crippen LogP contribution is 2.47. The van der Waals surface area contributed by atoms with Crippen LogP contribution in [-0.2, 0) is 4.79 Å². The van der Waals surface area contributed by atoms with E-state index in [9.17, 15) is 14.3 Å². The van der Waals surface area contributed by atoms with Crippen LogP contribution in [0, 0.1) is 11.7 Å². The van der Waals surface area contributed by atoms with Crippen molar-refractivity contribution in [2.75, 3.05) is 5.32 Å². The third kappa shape index (κ3) is 2.64. The van der Waals surface area contributed by atoms with Crippen LogP contribution in [0.3, 0.4) is 0 Å². The number of nitrogens with one attached hydrogen (secondary N) is 1. The number of halogens is 1. The zero-order valence-electron chi connectivity index (χ0n) is 10.7. The molecule has 0 aromatic heterocycles. The van der Waals surface area contributed by atoms with Crippen molar-refractivity contribution in [1.82, 2.24) is 0 Å². The van der Waals surface area contributed by atoms with Gasteiger partial charge in [-0.1, -0.05) is 12.1 Å². The molecular formula is C16H14FNO2. The van der Waals surface area contributed by atoms with Gasteiger partial charge in [-0.15, -0.1) is 0 Å². The van der Waals surface area contributed by atoms with Crippen LogP contribution in [0.2, 0.25) is 0 Å². The number of hydrogen-bond donors (Lipinski definition) is 2. The van der Waals surface area contributed by atoms with Crippen molar-refractivity contribution >= 4 is 11.6 Å². The fraction of sp³-hybridized carbons (Fsp3) is 0.188. The minimum atomic E-state index is -0.264. The number of phenols is 1. The van der Waals surface area contributed by atoms with Crippen molar-refractivity contribution in [2.45, 2.75) is 12.3 Å². The van der Waals surface area contributed by atoms with E-state index in [-0.39, 0.29) is 29.3 Å². The van der Waals surface area contributed by atoms with E-state index in [1.165, 1.54) is 24.3 Å². The van der Waals surface area contributed by atoms with Gasteiger partial charge in [0.15, 0.2) is 0 Å². The number of rotatable bonds is 3. The van der Waals surface area contributed by atoms with Gasteiger partial charge >= 0.3 is 0 Å². The molecule has 2 aromatic rings. The average molecular weight is 271 g/mol. The molecule has 20 heavy (non-hydrogen) atoms. The van der Waals surface area contributed by atoms with Gasteiger partial charge in [-0.2, -0.15) is 0 Å². The molecule has 102 valence electrons. The third-order valence-corrected chi connectivity index (χ3v) is 3.56. The summed E-state index contributed by atoms with van der Waals surface area (Å²) < 4.78 is 12.8. The van der Waals surface area contributed by atoms with Crippen molar-refractivity contribution in [1.29, 1.82) is 0 Å². The fourth-order valence-electron chi connectivity index (χ4n) is 2.34. The summed E-state index contributed by atoms with van der Waals surface area (Å²) >= 11 is 0. The Bertz CT molecular complexity index is 622. The lowest BCUT2D eigenvalue weighted by Gasteiger charge is -2.05. The Morgan fingerprint density at radius 1 is 1.10 bits per heavy atom. The Labute approximate surface area is 116 Å². The van der Waals surface area contributed by atoms with E-state index in [1.807, 2.05) is 0 Å². The summed E-state index contributed by atoms with van der Waals surface area (Å²) in [7, 11) is 0. The highest BCUT2D eigenvalue weighted by molar-refractivity contribution is 5.95. The molecule has 0 saturated heterocycles. The van der Waals surface area contributed by atoms with Gasteiger partial charge < -0.3 is 10.4 Å². The Hall–Kier alpha value is -2.36. The molecule has 0 aliphatic heterocycles. The van der Waals surface area contributed by atoms with Crippen molar-refractivity contribution < 1.29 is 14.3 Å². The quantitative estimate of drug-likeness (QED) is 0.842. The lowest BCUT2D eigenvalue weighted by atomic mass is 10.1. The molecule has 0 heterocycles. The van der Waals surface area contributed by atoms with Gasteiger partial charge in [0.05, 0.1) is 0 Å². The standard InChI is InChI=1S/C16H14FNO2/c17-11-3-1-10(2-4-11)14-9-15(14)16(20)18-12-5-7-13(19)8-6-12/h1-8,14-15,19H,9H2,(H,18,20). The molecule has 3 rings (SSSR count). The molecule has 4 heteroatoms. The first-order chi connectivity index (χ1) is 9.63. The average Bonchev–Trinajstić information content (AvgIpc) is 3.23. The maximum absolute atomic E-state index is 12.8. The zero-order valence-corrected chi connectivity index (χ0v) is 10.7. The summed E-state index contributed by atoms with van der Waals surface area (Å²) in [6, 6.07) is 12.7. The smallest absolute Gasteiger partial charge is 0.228 e. The normalized spacial score (nSPS) is 20.4. The molecule has 2 unspecified atom stereocenters. The zero-order chi connectivity index (χ0) is 14.1. The maximum Gasteiger partial charge on any atom is 0.228 e. The van der Waals surface area contributed by atoms with Crippen LogP contribution in [0.15, 0.2) is 48.5 Å². The van der Waals surface area contributed by atoms with Gasteiger partial charge in [0.1, 0.15) is 11.6 Å². The van der Waals surface area contributed by atoms with E-state index in [2.05, 4.69) is 5.32 Å². The first-order valence-corrected chi connectivity index (χ1v) is 6.49. The molecule has 2 atom stereocenters. The number of carbonyl (C=O) groups excluding carboxylic acids is 1. The first-order valence-electron chi connectivity index (χ1n) is 6.49. The van der Waals surface area contributed by atoms with Crippen molar-refractivity contribution in [3.05, 3.63) is 59.9 Å². The SMILES string of the molecule is O=C(Nc1ccc(O)cc1)C1CC1c1ccc(F)cc1. The fourth-order valence-corrected chi connectivity index (χ4v) is 2.34. The number of phenolic OH excluding ortho intramolecular Hbond substituents is 1. The molecule has 1 saturated carbocycles. The van der Waals surface area contributed by atoms with Crippen LogP contribution in [0.5, 0.6) is 5.75 Å². The van der Waals surface area contributed by atoms with Crippen LogP contribution in [0.4, 0.5) is 10.1 Å². The number of anilines is 1. The molecule has 2 N–H and O–H groups in total. The van der Waals surface area contributed by atoms with E-state index in [4.69, 9.17) is 0 Å². The van der Waals surface area contributed by atoms with E-state index < -0.39 is 0 Å². The molecule has 0 spiro atoms. The van der Waals surface area contributed by atoms with Gasteiger partial charge in [-0.3, -0.25) is 4.79 Å². The minimum Gasteiger partial charge on any atom is -0.508 e. The van der Waals surface area contributed by atoms with Crippen LogP contribution in [0.1, 0.15) is 17.9 Å². The molecule has 1 amide bonds. The first kappa shape index (κ1) is 12.7. The van der Waals surface area contributed by atoms with Gasteiger partial charge in [0.25, 0.3) is 0 Å². The van der Waals surface area contributed by atoms with Crippen molar-refractivity contribution in [2.24, 2.45) is 5.92 Å². The summed E-state index contributed by atoms with van der Waals surface area (Å²) in [5, 5.41) is 12.0. The Morgan fingerprint density at radius 3 is 2.40 bits per heavy atom. The predicted molar refractivity (Wildman–Crippen MR) is 74.0 cm³/mol. The molecule has 1 aliphatic rings. The summed E-state index contributed by atoms with van der Waals surface area (Å²) in [5.74, 6) is -0.0231. The van der Waals surface area contributed by atoms with Crippen molar-refractivity contribution in [3.8, 4) is 5.75 Å². The molecule has 1 fully saturated rings. The Morgan fingerprint density at radius 2 is 1.75 bits per heavy atom. The second-order valence-corrected chi connectivity index (χ2v) is 5.04. The van der Waals surface area contributed by atoms with Crippen LogP contribution in [0.25, 0.3) is 0 Å². The van der Waals surface area contributed by atoms with E-state index in [0.717, 1.165) is 12.0 Å². The highest BCUT2D eigenvalue weighted by Gasteiger charge is 2.43. The lowest BCUT2D eigenvalue weighted by Crippen LogP contribution is -2.14. The summed E-state index contributed by atoms with van der Waals surface area (Å²) in [4.78, 5) is 12.1. The van der Waals surface area contributed by atoms with Gasteiger partial charge in [0, 0.05) is 11.6 Å². The number of hydrogen-bond acceptors (Lipinski definition) is 2. The van der Waals surface area contributed by atoms with Gasteiger partial charge in [-0.05, 0) is 54.3 Å². The van der Waals surface area contributed by atoms with Gasteiger partial charge in [0.2, 0.25) is 5.91 Å². The second kappa shape index (κ2) is 4.96. The predicted octanol–water partition coefficient (Wildman–Crippen LogP) is 3.27. The molecule has 3 nitrogen and oxygen atoms in total. The number of benzene rings is 2. The largest absolute Gasteiger partial charge is 0.508 e. The van der Waals surface area contributed by atoms with E-state index >= 15 is 0 Å². The monoisotopic (exact) mass is 271 g/mol. The van der Waals surface area contributed by atoms with E-state index in [0.29, 0.717) is 5.69 Å². The summed E-state index contributed by atoms with van der Waals surface area (Å²) in [5.41, 5.74) is 1.66. The number of aromatic hydroxyl groups is 1. The minimum absolute atomic E-state index is 0.0370. The number of amides is 1. The third-order valence-electron chi connectivity index (χ3n) is 3.56. The van der Waals surface area contributed by atoms with Gasteiger partial charge in [-0.25, -0.2) is 4.39 Å².